The van der Waals surface area contributed by atoms with Crippen molar-refractivity contribution in [2.75, 3.05) is 0 Å². The van der Waals surface area contributed by atoms with Crippen LogP contribution in [0, 0.1) is 6.92 Å². The molecule has 0 aliphatic rings. The van der Waals surface area contributed by atoms with E-state index < -0.39 is 0 Å². The summed E-state index contributed by atoms with van der Waals surface area (Å²) in [6, 6.07) is 7.93. The predicted molar refractivity (Wildman–Crippen MR) is 73.0 cm³/mol. The Morgan fingerprint density at radius 2 is 1.76 bits per heavy atom. The van der Waals surface area contributed by atoms with Gasteiger partial charge < -0.3 is 0 Å². The predicted octanol–water partition coefficient (Wildman–Crippen LogP) is 4.41. The van der Waals surface area contributed by atoms with E-state index in [9.17, 15) is 4.79 Å². The number of hydrogen-bond acceptors (Lipinski definition) is 2. The first-order chi connectivity index (χ1) is 8.09. The van der Waals surface area contributed by atoms with Gasteiger partial charge in [-0.05, 0) is 29.3 Å². The highest BCUT2D eigenvalue weighted by atomic mass is 32.1. The molecule has 1 aromatic heterocycles. The number of thiophene rings is 1. The molecule has 1 aromatic carbocycles. The molecular formula is C15H16OS. The lowest BCUT2D eigenvalue weighted by molar-refractivity contribution is 0.103. The second kappa shape index (κ2) is 4.84. The third-order valence-electron chi connectivity index (χ3n) is 2.94. The monoisotopic (exact) mass is 244 g/mol. The van der Waals surface area contributed by atoms with Crippen molar-refractivity contribution in [1.82, 2.24) is 0 Å². The van der Waals surface area contributed by atoms with E-state index in [1.54, 1.807) is 11.3 Å². The number of benzene rings is 1. The molecule has 0 bridgehead atoms. The lowest BCUT2D eigenvalue weighted by Gasteiger charge is -2.06. The third kappa shape index (κ3) is 2.47. The normalized spacial score (nSPS) is 10.8. The molecule has 0 saturated heterocycles. The van der Waals surface area contributed by atoms with Crippen LogP contribution in [0.3, 0.4) is 0 Å². The van der Waals surface area contributed by atoms with E-state index in [0.29, 0.717) is 5.92 Å². The van der Waals surface area contributed by atoms with Gasteiger partial charge in [0.05, 0.1) is 0 Å². The lowest BCUT2D eigenvalue weighted by Crippen LogP contribution is -2.01. The molecule has 0 fully saturated rings. The summed E-state index contributed by atoms with van der Waals surface area (Å²) in [5, 5.41) is 3.93. The Kier molecular flexibility index (Phi) is 3.43. The Morgan fingerprint density at radius 1 is 1.12 bits per heavy atom. The molecule has 1 nitrogen and oxygen atoms in total. The Bertz CT molecular complexity index is 520. The Morgan fingerprint density at radius 3 is 2.24 bits per heavy atom. The topological polar surface area (TPSA) is 17.1 Å². The van der Waals surface area contributed by atoms with Crippen LogP contribution in [0.2, 0.25) is 0 Å². The second-order valence-corrected chi connectivity index (χ2v) is 5.32. The van der Waals surface area contributed by atoms with E-state index in [4.69, 9.17) is 0 Å². The van der Waals surface area contributed by atoms with Gasteiger partial charge in [0.25, 0.3) is 0 Å². The molecule has 0 N–H and O–H groups in total. The summed E-state index contributed by atoms with van der Waals surface area (Å²) >= 11 is 1.58. The average Bonchev–Trinajstić information content (AvgIpc) is 2.74. The van der Waals surface area contributed by atoms with Crippen LogP contribution in [-0.2, 0) is 0 Å². The molecule has 88 valence electrons. The summed E-state index contributed by atoms with van der Waals surface area (Å²) in [6.07, 6.45) is 0. The van der Waals surface area contributed by atoms with E-state index in [0.717, 1.165) is 16.7 Å². The molecule has 0 unspecified atom stereocenters. The van der Waals surface area contributed by atoms with Gasteiger partial charge >= 0.3 is 0 Å². The van der Waals surface area contributed by atoms with Crippen LogP contribution < -0.4 is 0 Å². The van der Waals surface area contributed by atoms with Gasteiger partial charge in [-0.2, -0.15) is 11.3 Å². The van der Waals surface area contributed by atoms with E-state index in [1.165, 1.54) is 5.56 Å². The first-order valence-electron chi connectivity index (χ1n) is 5.77. The second-order valence-electron chi connectivity index (χ2n) is 4.57. The van der Waals surface area contributed by atoms with Gasteiger partial charge in [-0.25, -0.2) is 0 Å². The largest absolute Gasteiger partial charge is 0.289 e. The van der Waals surface area contributed by atoms with Crippen LogP contribution in [0.5, 0.6) is 0 Å². The summed E-state index contributed by atoms with van der Waals surface area (Å²) in [5.74, 6) is 0.626. The Labute approximate surface area is 106 Å². The molecular weight excluding hydrogens is 228 g/mol. The van der Waals surface area contributed by atoms with Crippen molar-refractivity contribution < 1.29 is 4.79 Å². The van der Waals surface area contributed by atoms with E-state index in [1.807, 2.05) is 41.9 Å². The van der Waals surface area contributed by atoms with Crippen molar-refractivity contribution in [2.24, 2.45) is 0 Å². The van der Waals surface area contributed by atoms with Gasteiger partial charge in [-0.15, -0.1) is 0 Å². The number of carbonyl (C=O) groups excluding carboxylic acids is 1. The molecule has 2 heteroatoms. The minimum absolute atomic E-state index is 0.124. The molecule has 0 saturated carbocycles. The molecule has 1 heterocycles. The standard InChI is InChI=1S/C15H16OS/c1-10(2)12-4-6-13(7-5-12)15(16)14-9-17-8-11(14)3/h4-10H,1-3H3. The zero-order valence-electron chi connectivity index (χ0n) is 10.4. The van der Waals surface area contributed by atoms with Crippen molar-refractivity contribution in [3.05, 3.63) is 57.3 Å². The highest BCUT2D eigenvalue weighted by Crippen LogP contribution is 2.20. The molecule has 2 aromatic rings. The van der Waals surface area contributed by atoms with Crippen molar-refractivity contribution in [1.29, 1.82) is 0 Å². The average molecular weight is 244 g/mol. The maximum Gasteiger partial charge on any atom is 0.194 e. The summed E-state index contributed by atoms with van der Waals surface area (Å²) in [4.78, 5) is 12.2. The Hall–Kier alpha value is -1.41. The van der Waals surface area contributed by atoms with Gasteiger partial charge in [-0.3, -0.25) is 4.79 Å². The minimum atomic E-state index is 0.124. The van der Waals surface area contributed by atoms with Gasteiger partial charge in [-0.1, -0.05) is 38.1 Å². The zero-order chi connectivity index (χ0) is 12.4. The fourth-order valence-corrected chi connectivity index (χ4v) is 2.60. The molecule has 0 atom stereocenters. The van der Waals surface area contributed by atoms with Crippen LogP contribution in [-0.4, -0.2) is 5.78 Å². The fourth-order valence-electron chi connectivity index (χ4n) is 1.77. The van der Waals surface area contributed by atoms with E-state index in [-0.39, 0.29) is 5.78 Å². The molecule has 2 rings (SSSR count). The van der Waals surface area contributed by atoms with Crippen molar-refractivity contribution >= 4 is 17.1 Å². The number of hydrogen-bond donors (Lipinski definition) is 0. The summed E-state index contributed by atoms with van der Waals surface area (Å²) in [6.45, 7) is 6.28. The zero-order valence-corrected chi connectivity index (χ0v) is 11.2. The van der Waals surface area contributed by atoms with Gasteiger partial charge in [0.1, 0.15) is 0 Å². The van der Waals surface area contributed by atoms with Crippen LogP contribution in [0.1, 0.15) is 46.8 Å². The molecule has 0 radical (unpaired) electrons. The highest BCUT2D eigenvalue weighted by Gasteiger charge is 2.12. The number of carbonyl (C=O) groups is 1. The summed E-state index contributed by atoms with van der Waals surface area (Å²) in [7, 11) is 0. The molecule has 0 aliphatic carbocycles. The first-order valence-corrected chi connectivity index (χ1v) is 6.71. The van der Waals surface area contributed by atoms with Crippen LogP contribution in [0.25, 0.3) is 0 Å². The summed E-state index contributed by atoms with van der Waals surface area (Å²) in [5.41, 5.74) is 3.93. The van der Waals surface area contributed by atoms with Crippen LogP contribution >= 0.6 is 11.3 Å². The molecule has 0 aliphatic heterocycles. The van der Waals surface area contributed by atoms with Crippen molar-refractivity contribution in [3.8, 4) is 0 Å². The van der Waals surface area contributed by atoms with Crippen LogP contribution in [0.4, 0.5) is 0 Å². The van der Waals surface area contributed by atoms with Gasteiger partial charge in [0, 0.05) is 16.5 Å². The molecule has 17 heavy (non-hydrogen) atoms. The molecule has 0 spiro atoms. The number of ketones is 1. The SMILES string of the molecule is Cc1cscc1C(=O)c1ccc(C(C)C)cc1. The van der Waals surface area contributed by atoms with Gasteiger partial charge in [0.15, 0.2) is 5.78 Å². The van der Waals surface area contributed by atoms with Crippen LogP contribution in [0.15, 0.2) is 35.0 Å². The number of aryl methyl sites for hydroxylation is 1. The highest BCUT2D eigenvalue weighted by molar-refractivity contribution is 7.08. The first kappa shape index (κ1) is 12.1. The fraction of sp³-hybridized carbons (Fsp3) is 0.267. The quantitative estimate of drug-likeness (QED) is 0.731. The van der Waals surface area contributed by atoms with Crippen molar-refractivity contribution in [3.63, 3.8) is 0 Å². The third-order valence-corrected chi connectivity index (χ3v) is 3.80. The van der Waals surface area contributed by atoms with Crippen molar-refractivity contribution in [2.45, 2.75) is 26.7 Å². The van der Waals surface area contributed by atoms with E-state index in [2.05, 4.69) is 13.8 Å². The summed E-state index contributed by atoms with van der Waals surface area (Å²) < 4.78 is 0. The Balaban J connectivity index is 2.29. The minimum Gasteiger partial charge on any atom is -0.289 e. The van der Waals surface area contributed by atoms with Gasteiger partial charge in [0.2, 0.25) is 0 Å². The lowest BCUT2D eigenvalue weighted by atomic mass is 9.98. The maximum atomic E-state index is 12.2. The number of rotatable bonds is 3. The van der Waals surface area contributed by atoms with E-state index >= 15 is 0 Å². The smallest absolute Gasteiger partial charge is 0.194 e. The maximum absolute atomic E-state index is 12.2. The molecule has 0 amide bonds.